The number of methoxy groups -OCH3 is 1. The molecule has 0 aliphatic rings. The molecule has 0 aliphatic carbocycles. The summed E-state index contributed by atoms with van der Waals surface area (Å²) in [7, 11) is 1.67. The van der Waals surface area contributed by atoms with Gasteiger partial charge in [0.15, 0.2) is 0 Å². The van der Waals surface area contributed by atoms with E-state index in [4.69, 9.17) is 16.3 Å². The lowest BCUT2D eigenvalue weighted by Crippen LogP contribution is -2.13. The molecule has 2 nitrogen and oxygen atoms in total. The zero-order valence-electron chi connectivity index (χ0n) is 10.6. The molecule has 0 saturated heterocycles. The van der Waals surface area contributed by atoms with Gasteiger partial charge in [-0.15, -0.1) is 0 Å². The van der Waals surface area contributed by atoms with Crippen molar-refractivity contribution in [3.63, 3.8) is 0 Å². The van der Waals surface area contributed by atoms with Gasteiger partial charge in [0.2, 0.25) is 0 Å². The van der Waals surface area contributed by atoms with E-state index in [1.165, 1.54) is 11.1 Å². The number of rotatable bonds is 5. The van der Waals surface area contributed by atoms with Gasteiger partial charge in [0.1, 0.15) is 5.75 Å². The zero-order valence-corrected chi connectivity index (χ0v) is 13.0. The largest absolute Gasteiger partial charge is 0.497 e. The number of hydrogen-bond donors (Lipinski definition) is 1. The van der Waals surface area contributed by atoms with E-state index in [0.717, 1.165) is 28.3 Å². The van der Waals surface area contributed by atoms with Crippen LogP contribution in [-0.4, -0.2) is 7.11 Å². The molecule has 0 atom stereocenters. The topological polar surface area (TPSA) is 21.3 Å². The van der Waals surface area contributed by atoms with Gasteiger partial charge in [-0.25, -0.2) is 0 Å². The van der Waals surface area contributed by atoms with Crippen molar-refractivity contribution in [1.82, 2.24) is 5.32 Å². The third-order valence-electron chi connectivity index (χ3n) is 2.79. The fraction of sp³-hybridized carbons (Fsp3) is 0.200. The van der Waals surface area contributed by atoms with Gasteiger partial charge < -0.3 is 10.1 Å². The van der Waals surface area contributed by atoms with Crippen molar-refractivity contribution in [2.45, 2.75) is 13.1 Å². The third kappa shape index (κ3) is 4.23. The monoisotopic (exact) mass is 339 g/mol. The Balaban J connectivity index is 1.95. The quantitative estimate of drug-likeness (QED) is 0.871. The summed E-state index contributed by atoms with van der Waals surface area (Å²) >= 11 is 9.49. The molecule has 2 rings (SSSR count). The summed E-state index contributed by atoms with van der Waals surface area (Å²) in [6.07, 6.45) is 0. The van der Waals surface area contributed by atoms with Gasteiger partial charge in [-0.3, -0.25) is 0 Å². The van der Waals surface area contributed by atoms with Crippen molar-refractivity contribution in [2.75, 3.05) is 7.11 Å². The van der Waals surface area contributed by atoms with Gasteiger partial charge in [-0.2, -0.15) is 0 Å². The molecular weight excluding hydrogens is 326 g/mol. The Hall–Kier alpha value is -1.03. The third-order valence-corrected chi connectivity index (χ3v) is 3.80. The minimum absolute atomic E-state index is 0.766. The van der Waals surface area contributed by atoms with Crippen LogP contribution < -0.4 is 10.1 Å². The zero-order chi connectivity index (χ0) is 13.7. The SMILES string of the molecule is COc1ccc(Br)c(CNCc2cccc(Cl)c2)c1. The molecule has 0 aromatic heterocycles. The smallest absolute Gasteiger partial charge is 0.119 e. The Morgan fingerprint density at radius 3 is 2.74 bits per heavy atom. The van der Waals surface area contributed by atoms with Crippen LogP contribution in [0.1, 0.15) is 11.1 Å². The maximum atomic E-state index is 5.95. The first-order valence-corrected chi connectivity index (χ1v) is 7.13. The fourth-order valence-electron chi connectivity index (χ4n) is 1.80. The molecule has 0 spiro atoms. The van der Waals surface area contributed by atoms with Crippen LogP contribution in [-0.2, 0) is 13.1 Å². The van der Waals surface area contributed by atoms with Crippen molar-refractivity contribution in [2.24, 2.45) is 0 Å². The Morgan fingerprint density at radius 1 is 1.16 bits per heavy atom. The lowest BCUT2D eigenvalue weighted by atomic mass is 10.2. The first-order valence-electron chi connectivity index (χ1n) is 5.96. The summed E-state index contributed by atoms with van der Waals surface area (Å²) < 4.78 is 6.30. The maximum absolute atomic E-state index is 5.95. The number of hydrogen-bond acceptors (Lipinski definition) is 2. The molecule has 0 bridgehead atoms. The molecule has 2 aromatic carbocycles. The molecule has 0 saturated carbocycles. The van der Waals surface area contributed by atoms with E-state index in [-0.39, 0.29) is 0 Å². The molecule has 0 fully saturated rings. The Labute approximate surface area is 126 Å². The Morgan fingerprint density at radius 2 is 2.00 bits per heavy atom. The Bertz CT molecular complexity index is 560. The molecule has 0 amide bonds. The summed E-state index contributed by atoms with van der Waals surface area (Å²) in [4.78, 5) is 0. The molecule has 4 heteroatoms. The van der Waals surface area contributed by atoms with E-state index in [0.29, 0.717) is 0 Å². The van der Waals surface area contributed by atoms with Crippen molar-refractivity contribution >= 4 is 27.5 Å². The first kappa shape index (κ1) is 14.4. The standard InChI is InChI=1S/C15H15BrClNO/c1-19-14-5-6-15(16)12(8-14)10-18-9-11-3-2-4-13(17)7-11/h2-8,18H,9-10H2,1H3. The summed E-state index contributed by atoms with van der Waals surface area (Å²) in [6.45, 7) is 1.55. The highest BCUT2D eigenvalue weighted by atomic mass is 79.9. The van der Waals surface area contributed by atoms with E-state index < -0.39 is 0 Å². The molecule has 19 heavy (non-hydrogen) atoms. The molecule has 100 valence electrons. The molecular formula is C15H15BrClNO. The summed E-state index contributed by atoms with van der Waals surface area (Å²) in [6, 6.07) is 13.8. The first-order chi connectivity index (χ1) is 9.19. The van der Waals surface area contributed by atoms with E-state index in [1.54, 1.807) is 7.11 Å². The molecule has 0 heterocycles. The molecule has 2 aromatic rings. The predicted molar refractivity (Wildman–Crippen MR) is 82.7 cm³/mol. The van der Waals surface area contributed by atoms with Crippen LogP contribution in [0.5, 0.6) is 5.75 Å². The van der Waals surface area contributed by atoms with Gasteiger partial charge in [0.05, 0.1) is 7.11 Å². The highest BCUT2D eigenvalue weighted by Crippen LogP contribution is 2.22. The van der Waals surface area contributed by atoms with E-state index in [9.17, 15) is 0 Å². The maximum Gasteiger partial charge on any atom is 0.119 e. The van der Waals surface area contributed by atoms with Crippen LogP contribution in [0.2, 0.25) is 5.02 Å². The van der Waals surface area contributed by atoms with E-state index in [2.05, 4.69) is 27.3 Å². The molecule has 0 radical (unpaired) electrons. The second kappa shape index (κ2) is 6.94. The second-order valence-corrected chi connectivity index (χ2v) is 5.48. The van der Waals surface area contributed by atoms with Crippen molar-refractivity contribution in [1.29, 1.82) is 0 Å². The lowest BCUT2D eigenvalue weighted by Gasteiger charge is -2.09. The normalized spacial score (nSPS) is 10.5. The fourth-order valence-corrected chi connectivity index (χ4v) is 2.40. The number of benzene rings is 2. The van der Waals surface area contributed by atoms with Crippen LogP contribution in [0.4, 0.5) is 0 Å². The van der Waals surface area contributed by atoms with Crippen LogP contribution in [0, 0.1) is 0 Å². The number of ether oxygens (including phenoxy) is 1. The Kier molecular flexibility index (Phi) is 5.25. The van der Waals surface area contributed by atoms with Crippen molar-refractivity contribution < 1.29 is 4.74 Å². The van der Waals surface area contributed by atoms with Gasteiger partial charge >= 0.3 is 0 Å². The number of nitrogens with one attached hydrogen (secondary N) is 1. The molecule has 1 N–H and O–H groups in total. The summed E-state index contributed by atoms with van der Waals surface area (Å²) in [5, 5.41) is 4.16. The summed E-state index contributed by atoms with van der Waals surface area (Å²) in [5.74, 6) is 0.864. The minimum atomic E-state index is 0.766. The van der Waals surface area contributed by atoms with Crippen LogP contribution in [0.25, 0.3) is 0 Å². The van der Waals surface area contributed by atoms with Crippen LogP contribution in [0.3, 0.4) is 0 Å². The van der Waals surface area contributed by atoms with Gasteiger partial charge in [0.25, 0.3) is 0 Å². The van der Waals surface area contributed by atoms with Crippen LogP contribution in [0.15, 0.2) is 46.9 Å². The minimum Gasteiger partial charge on any atom is -0.497 e. The lowest BCUT2D eigenvalue weighted by molar-refractivity contribution is 0.414. The molecule has 0 unspecified atom stereocenters. The molecule has 0 aliphatic heterocycles. The van der Waals surface area contributed by atoms with Crippen molar-refractivity contribution in [3.05, 3.63) is 63.1 Å². The highest BCUT2D eigenvalue weighted by Gasteiger charge is 2.02. The second-order valence-electron chi connectivity index (χ2n) is 4.19. The average Bonchev–Trinajstić information content (AvgIpc) is 2.41. The van der Waals surface area contributed by atoms with Gasteiger partial charge in [0, 0.05) is 22.6 Å². The predicted octanol–water partition coefficient (Wildman–Crippen LogP) is 4.40. The van der Waals surface area contributed by atoms with Gasteiger partial charge in [-0.05, 0) is 41.5 Å². The number of halogens is 2. The van der Waals surface area contributed by atoms with Crippen molar-refractivity contribution in [3.8, 4) is 5.75 Å². The van der Waals surface area contributed by atoms with E-state index >= 15 is 0 Å². The van der Waals surface area contributed by atoms with Crippen LogP contribution >= 0.6 is 27.5 Å². The average molecular weight is 341 g/mol. The summed E-state index contributed by atoms with van der Waals surface area (Å²) in [5.41, 5.74) is 2.34. The van der Waals surface area contributed by atoms with E-state index in [1.807, 2.05) is 36.4 Å². The highest BCUT2D eigenvalue weighted by molar-refractivity contribution is 9.10. The van der Waals surface area contributed by atoms with Gasteiger partial charge in [-0.1, -0.05) is 39.7 Å².